The Hall–Kier alpha value is -0.620. The van der Waals surface area contributed by atoms with Crippen molar-refractivity contribution in [2.45, 2.75) is 19.4 Å². The standard InChI is InChI=1S/C12H22ClN3O2/c1-16-11(13)9-15-12(16)10-14-5-3-4-6-18-8-7-17-2/h9,14H,3-8,10H2,1-2H3. The number of rotatable bonds is 10. The molecule has 0 aliphatic heterocycles. The lowest BCUT2D eigenvalue weighted by atomic mass is 10.3. The topological polar surface area (TPSA) is 48.3 Å². The number of hydrogen-bond donors (Lipinski definition) is 1. The van der Waals surface area contributed by atoms with Crippen LogP contribution in [0.2, 0.25) is 5.15 Å². The summed E-state index contributed by atoms with van der Waals surface area (Å²) in [5, 5.41) is 4.00. The van der Waals surface area contributed by atoms with Crippen molar-refractivity contribution in [2.75, 3.05) is 33.5 Å². The molecule has 0 spiro atoms. The first-order chi connectivity index (χ1) is 8.75. The minimum atomic E-state index is 0.665. The maximum Gasteiger partial charge on any atom is 0.128 e. The molecule has 1 aromatic heterocycles. The summed E-state index contributed by atoms with van der Waals surface area (Å²) in [5.41, 5.74) is 0. The molecule has 5 nitrogen and oxygen atoms in total. The Kier molecular flexibility index (Phi) is 8.00. The first kappa shape index (κ1) is 15.4. The van der Waals surface area contributed by atoms with Gasteiger partial charge in [0, 0.05) is 20.8 Å². The Morgan fingerprint density at radius 1 is 1.33 bits per heavy atom. The van der Waals surface area contributed by atoms with Gasteiger partial charge in [-0.3, -0.25) is 0 Å². The van der Waals surface area contributed by atoms with Gasteiger partial charge in [0.15, 0.2) is 0 Å². The van der Waals surface area contributed by atoms with Crippen LogP contribution in [0, 0.1) is 0 Å². The van der Waals surface area contributed by atoms with E-state index in [4.69, 9.17) is 21.1 Å². The van der Waals surface area contributed by atoms with Gasteiger partial charge in [-0.25, -0.2) is 4.98 Å². The summed E-state index contributed by atoms with van der Waals surface area (Å²) in [6, 6.07) is 0. The van der Waals surface area contributed by atoms with Gasteiger partial charge in [-0.15, -0.1) is 0 Å². The molecule has 6 heteroatoms. The van der Waals surface area contributed by atoms with Crippen molar-refractivity contribution in [1.82, 2.24) is 14.9 Å². The van der Waals surface area contributed by atoms with Crippen molar-refractivity contribution in [1.29, 1.82) is 0 Å². The first-order valence-corrected chi connectivity index (χ1v) is 6.57. The summed E-state index contributed by atoms with van der Waals surface area (Å²) in [6.45, 7) is 3.83. The second-order valence-corrected chi connectivity index (χ2v) is 4.43. The van der Waals surface area contributed by atoms with Gasteiger partial charge in [0.1, 0.15) is 11.0 Å². The third kappa shape index (κ3) is 5.82. The molecule has 0 saturated heterocycles. The monoisotopic (exact) mass is 275 g/mol. The van der Waals surface area contributed by atoms with Crippen LogP contribution in [-0.4, -0.2) is 43.0 Å². The normalized spacial score (nSPS) is 11.1. The van der Waals surface area contributed by atoms with Crippen molar-refractivity contribution < 1.29 is 9.47 Å². The number of hydrogen-bond acceptors (Lipinski definition) is 4. The van der Waals surface area contributed by atoms with E-state index in [1.165, 1.54) is 0 Å². The zero-order chi connectivity index (χ0) is 13.2. The first-order valence-electron chi connectivity index (χ1n) is 6.19. The van der Waals surface area contributed by atoms with E-state index in [9.17, 15) is 0 Å². The highest BCUT2D eigenvalue weighted by atomic mass is 35.5. The maximum absolute atomic E-state index is 5.90. The summed E-state index contributed by atoms with van der Waals surface area (Å²) in [7, 11) is 3.59. The molecule has 104 valence electrons. The highest BCUT2D eigenvalue weighted by Crippen LogP contribution is 2.08. The molecule has 0 aliphatic carbocycles. The van der Waals surface area contributed by atoms with Crippen LogP contribution in [0.4, 0.5) is 0 Å². The second-order valence-electron chi connectivity index (χ2n) is 4.05. The number of methoxy groups -OCH3 is 1. The van der Waals surface area contributed by atoms with E-state index < -0.39 is 0 Å². The van der Waals surface area contributed by atoms with Gasteiger partial charge in [-0.05, 0) is 19.4 Å². The summed E-state index contributed by atoms with van der Waals surface area (Å²) in [6.07, 6.45) is 3.81. The van der Waals surface area contributed by atoms with Crippen LogP contribution < -0.4 is 5.32 Å². The number of imidazole rings is 1. The van der Waals surface area contributed by atoms with Gasteiger partial charge in [-0.2, -0.15) is 0 Å². The summed E-state index contributed by atoms with van der Waals surface area (Å²) >= 11 is 5.90. The van der Waals surface area contributed by atoms with Gasteiger partial charge < -0.3 is 19.4 Å². The number of unbranched alkanes of at least 4 members (excludes halogenated alkanes) is 1. The van der Waals surface area contributed by atoms with Gasteiger partial charge in [0.25, 0.3) is 0 Å². The molecule has 0 aromatic carbocycles. The van der Waals surface area contributed by atoms with Crippen molar-refractivity contribution in [2.24, 2.45) is 7.05 Å². The average molecular weight is 276 g/mol. The van der Waals surface area contributed by atoms with Crippen LogP contribution in [0.25, 0.3) is 0 Å². The van der Waals surface area contributed by atoms with Crippen LogP contribution in [0.5, 0.6) is 0 Å². The Balaban J connectivity index is 1.94. The van der Waals surface area contributed by atoms with Crippen LogP contribution in [-0.2, 0) is 23.1 Å². The Bertz CT molecular complexity index is 331. The number of aromatic nitrogens is 2. The fourth-order valence-electron chi connectivity index (χ4n) is 1.49. The quantitative estimate of drug-likeness (QED) is 0.659. The number of halogens is 1. The fraction of sp³-hybridized carbons (Fsp3) is 0.750. The third-order valence-corrected chi connectivity index (χ3v) is 2.99. The molecule has 0 amide bonds. The molecule has 0 unspecified atom stereocenters. The predicted octanol–water partition coefficient (Wildman–Crippen LogP) is 1.61. The molecular weight excluding hydrogens is 254 g/mol. The van der Waals surface area contributed by atoms with E-state index in [0.29, 0.717) is 18.4 Å². The molecular formula is C12H22ClN3O2. The minimum Gasteiger partial charge on any atom is -0.382 e. The van der Waals surface area contributed by atoms with Crippen molar-refractivity contribution >= 4 is 11.6 Å². The largest absolute Gasteiger partial charge is 0.382 e. The van der Waals surface area contributed by atoms with E-state index in [1.807, 2.05) is 11.6 Å². The van der Waals surface area contributed by atoms with Crippen molar-refractivity contribution in [3.63, 3.8) is 0 Å². The number of ether oxygens (including phenoxy) is 2. The van der Waals surface area contributed by atoms with E-state index in [0.717, 1.165) is 38.4 Å². The van der Waals surface area contributed by atoms with E-state index in [1.54, 1.807) is 13.3 Å². The molecule has 0 radical (unpaired) electrons. The lowest BCUT2D eigenvalue weighted by Crippen LogP contribution is -2.18. The summed E-state index contributed by atoms with van der Waals surface area (Å²) < 4.78 is 12.1. The molecule has 1 heterocycles. The highest BCUT2D eigenvalue weighted by Gasteiger charge is 2.02. The van der Waals surface area contributed by atoms with E-state index >= 15 is 0 Å². The van der Waals surface area contributed by atoms with Gasteiger partial charge in [0.2, 0.25) is 0 Å². The van der Waals surface area contributed by atoms with E-state index in [-0.39, 0.29) is 0 Å². The average Bonchev–Trinajstić information content (AvgIpc) is 2.68. The van der Waals surface area contributed by atoms with Crippen LogP contribution in [0.1, 0.15) is 18.7 Å². The zero-order valence-corrected chi connectivity index (χ0v) is 11.9. The maximum atomic E-state index is 5.90. The Morgan fingerprint density at radius 2 is 2.17 bits per heavy atom. The molecule has 0 aliphatic rings. The van der Waals surface area contributed by atoms with Crippen molar-refractivity contribution in [3.8, 4) is 0 Å². The predicted molar refractivity (Wildman–Crippen MR) is 71.9 cm³/mol. The van der Waals surface area contributed by atoms with Gasteiger partial charge in [0.05, 0.1) is 26.0 Å². The number of nitrogens with zero attached hydrogens (tertiary/aromatic N) is 2. The van der Waals surface area contributed by atoms with E-state index in [2.05, 4.69) is 10.3 Å². The lowest BCUT2D eigenvalue weighted by molar-refractivity contribution is 0.0688. The highest BCUT2D eigenvalue weighted by molar-refractivity contribution is 6.29. The second kappa shape index (κ2) is 9.33. The lowest BCUT2D eigenvalue weighted by Gasteiger charge is -2.06. The molecule has 0 bridgehead atoms. The molecule has 0 saturated carbocycles. The fourth-order valence-corrected chi connectivity index (χ4v) is 1.63. The van der Waals surface area contributed by atoms with Crippen LogP contribution in [0.3, 0.4) is 0 Å². The third-order valence-electron chi connectivity index (χ3n) is 2.63. The molecule has 0 fully saturated rings. The zero-order valence-electron chi connectivity index (χ0n) is 11.1. The van der Waals surface area contributed by atoms with Gasteiger partial charge >= 0.3 is 0 Å². The molecule has 1 aromatic rings. The van der Waals surface area contributed by atoms with Crippen LogP contribution in [0.15, 0.2) is 6.20 Å². The number of nitrogens with one attached hydrogen (secondary N) is 1. The summed E-state index contributed by atoms with van der Waals surface area (Å²) in [5.74, 6) is 0.955. The molecule has 1 N–H and O–H groups in total. The Morgan fingerprint density at radius 3 is 2.83 bits per heavy atom. The smallest absolute Gasteiger partial charge is 0.128 e. The minimum absolute atomic E-state index is 0.665. The molecule has 1 rings (SSSR count). The Labute approximate surface area is 113 Å². The van der Waals surface area contributed by atoms with Crippen molar-refractivity contribution in [3.05, 3.63) is 17.2 Å². The summed E-state index contributed by atoms with van der Waals surface area (Å²) in [4.78, 5) is 4.21. The molecule has 0 atom stereocenters. The SMILES string of the molecule is COCCOCCCCNCc1ncc(Cl)n1C. The molecule has 18 heavy (non-hydrogen) atoms. The van der Waals surface area contributed by atoms with Crippen LogP contribution >= 0.6 is 11.6 Å². The van der Waals surface area contributed by atoms with Gasteiger partial charge in [-0.1, -0.05) is 11.6 Å².